The van der Waals surface area contributed by atoms with E-state index in [0.717, 1.165) is 5.56 Å². The Labute approximate surface area is 162 Å². The van der Waals surface area contributed by atoms with E-state index in [1.807, 2.05) is 0 Å². The fourth-order valence-electron chi connectivity index (χ4n) is 2.69. The predicted molar refractivity (Wildman–Crippen MR) is 103 cm³/mol. The maximum atomic E-state index is 12.5. The summed E-state index contributed by atoms with van der Waals surface area (Å²) < 4.78 is 30.6. The average Bonchev–Trinajstić information content (AvgIpc) is 2.67. The zero-order valence-electron chi connectivity index (χ0n) is 14.8. The molecule has 0 amide bonds. The van der Waals surface area contributed by atoms with E-state index in [4.69, 9.17) is 9.84 Å². The van der Waals surface area contributed by atoms with Crippen molar-refractivity contribution in [3.05, 3.63) is 89.5 Å². The van der Waals surface area contributed by atoms with E-state index in [1.54, 1.807) is 54.6 Å². The quantitative estimate of drug-likeness (QED) is 0.630. The summed E-state index contributed by atoms with van der Waals surface area (Å²) in [4.78, 5) is 11.2. The van der Waals surface area contributed by atoms with E-state index >= 15 is 0 Å². The van der Waals surface area contributed by atoms with Gasteiger partial charge in [-0.1, -0.05) is 42.5 Å². The standard InChI is InChI=1S/C21H18O6S/c22-20-12-17(9-10-19(20)21(23)24)27-13-15-5-4-6-16(11-15)14-28(25,26)18-7-2-1-3-8-18/h1-12,22H,13-14H2,(H,23,24). The lowest BCUT2D eigenvalue weighted by molar-refractivity contribution is 0.0693. The lowest BCUT2D eigenvalue weighted by Gasteiger charge is -2.10. The van der Waals surface area contributed by atoms with Gasteiger partial charge in [-0.3, -0.25) is 0 Å². The summed E-state index contributed by atoms with van der Waals surface area (Å²) in [6.45, 7) is 0.144. The molecule has 3 aromatic carbocycles. The molecule has 3 aromatic rings. The molecule has 0 bridgehead atoms. The van der Waals surface area contributed by atoms with Crippen molar-refractivity contribution in [3.8, 4) is 11.5 Å². The maximum Gasteiger partial charge on any atom is 0.339 e. The third-order valence-electron chi connectivity index (χ3n) is 4.06. The number of carboxylic acid groups (broad SMARTS) is 1. The fourth-order valence-corrected chi connectivity index (χ4v) is 4.05. The second kappa shape index (κ2) is 8.14. The van der Waals surface area contributed by atoms with Gasteiger partial charge in [0.1, 0.15) is 23.7 Å². The molecular formula is C21H18O6S. The van der Waals surface area contributed by atoms with Gasteiger partial charge in [-0.2, -0.15) is 0 Å². The Balaban J connectivity index is 1.70. The van der Waals surface area contributed by atoms with E-state index in [-0.39, 0.29) is 28.6 Å². The molecule has 0 fully saturated rings. The molecule has 0 saturated carbocycles. The zero-order chi connectivity index (χ0) is 20.1. The van der Waals surface area contributed by atoms with Crippen LogP contribution in [0.15, 0.2) is 77.7 Å². The largest absolute Gasteiger partial charge is 0.507 e. The van der Waals surface area contributed by atoms with Crippen molar-refractivity contribution in [3.63, 3.8) is 0 Å². The van der Waals surface area contributed by atoms with Gasteiger partial charge < -0.3 is 14.9 Å². The predicted octanol–water partition coefficient (Wildman–Crippen LogP) is 3.64. The van der Waals surface area contributed by atoms with E-state index < -0.39 is 15.8 Å². The molecular weight excluding hydrogens is 380 g/mol. The first-order chi connectivity index (χ1) is 13.3. The Morgan fingerprint density at radius 3 is 2.29 bits per heavy atom. The molecule has 0 heterocycles. The first kappa shape index (κ1) is 19.4. The van der Waals surface area contributed by atoms with E-state index in [0.29, 0.717) is 11.3 Å². The van der Waals surface area contributed by atoms with Crippen LogP contribution in [0.1, 0.15) is 21.5 Å². The summed E-state index contributed by atoms with van der Waals surface area (Å²) in [5.74, 6) is -1.42. The molecule has 0 unspecified atom stereocenters. The Morgan fingerprint density at radius 2 is 1.61 bits per heavy atom. The number of sulfone groups is 1. The van der Waals surface area contributed by atoms with Crippen LogP contribution < -0.4 is 4.74 Å². The fraction of sp³-hybridized carbons (Fsp3) is 0.0952. The summed E-state index contributed by atoms with van der Waals surface area (Å²) >= 11 is 0. The number of phenols is 1. The lowest BCUT2D eigenvalue weighted by Crippen LogP contribution is -2.05. The van der Waals surface area contributed by atoms with E-state index in [9.17, 15) is 18.3 Å². The number of benzene rings is 3. The molecule has 0 atom stereocenters. The Kier molecular flexibility index (Phi) is 5.65. The van der Waals surface area contributed by atoms with E-state index in [2.05, 4.69) is 0 Å². The molecule has 2 N–H and O–H groups in total. The summed E-state index contributed by atoms with van der Waals surface area (Å²) in [5, 5.41) is 18.6. The van der Waals surface area contributed by atoms with Crippen molar-refractivity contribution in [2.45, 2.75) is 17.3 Å². The molecule has 3 rings (SSSR count). The van der Waals surface area contributed by atoms with Crippen LogP contribution in [0.4, 0.5) is 0 Å². The van der Waals surface area contributed by atoms with Gasteiger partial charge in [0.25, 0.3) is 0 Å². The van der Waals surface area contributed by atoms with Crippen molar-refractivity contribution in [2.75, 3.05) is 0 Å². The number of carboxylic acids is 1. The highest BCUT2D eigenvalue weighted by Gasteiger charge is 2.15. The molecule has 0 aliphatic carbocycles. The zero-order valence-corrected chi connectivity index (χ0v) is 15.6. The number of hydrogen-bond donors (Lipinski definition) is 2. The Hall–Kier alpha value is -3.32. The summed E-state index contributed by atoms with van der Waals surface area (Å²) in [6.07, 6.45) is 0. The maximum absolute atomic E-state index is 12.5. The van der Waals surface area contributed by atoms with Gasteiger partial charge in [0.2, 0.25) is 0 Å². The average molecular weight is 398 g/mol. The normalized spacial score (nSPS) is 11.1. The summed E-state index contributed by atoms with van der Waals surface area (Å²) in [7, 11) is -3.45. The van der Waals surface area contributed by atoms with Crippen LogP contribution in [0, 0.1) is 0 Å². The van der Waals surface area contributed by atoms with Crippen LogP contribution in [0.25, 0.3) is 0 Å². The van der Waals surface area contributed by atoms with Gasteiger partial charge >= 0.3 is 5.97 Å². The molecule has 7 heteroatoms. The van der Waals surface area contributed by atoms with Crippen LogP contribution >= 0.6 is 0 Å². The van der Waals surface area contributed by atoms with Gasteiger partial charge in [-0.05, 0) is 35.4 Å². The third-order valence-corrected chi connectivity index (χ3v) is 5.76. The Bertz CT molecular complexity index is 1090. The van der Waals surface area contributed by atoms with Crippen molar-refractivity contribution >= 4 is 15.8 Å². The molecule has 0 spiro atoms. The highest BCUT2D eigenvalue weighted by Crippen LogP contribution is 2.24. The van der Waals surface area contributed by atoms with Gasteiger partial charge in [-0.25, -0.2) is 13.2 Å². The van der Waals surface area contributed by atoms with Crippen LogP contribution in [-0.2, 0) is 22.2 Å². The minimum Gasteiger partial charge on any atom is -0.507 e. The second-order valence-corrected chi connectivity index (χ2v) is 8.15. The molecule has 28 heavy (non-hydrogen) atoms. The molecule has 0 saturated heterocycles. The van der Waals surface area contributed by atoms with Crippen LogP contribution in [-0.4, -0.2) is 24.6 Å². The second-order valence-electron chi connectivity index (χ2n) is 6.16. The molecule has 0 aliphatic rings. The molecule has 0 aromatic heterocycles. The molecule has 6 nitrogen and oxygen atoms in total. The van der Waals surface area contributed by atoms with E-state index in [1.165, 1.54) is 18.2 Å². The van der Waals surface area contributed by atoms with Crippen molar-refractivity contribution < 1.29 is 28.2 Å². The Morgan fingerprint density at radius 1 is 0.893 bits per heavy atom. The first-order valence-corrected chi connectivity index (χ1v) is 10.0. The number of hydrogen-bond acceptors (Lipinski definition) is 5. The van der Waals surface area contributed by atoms with Crippen LogP contribution in [0.5, 0.6) is 11.5 Å². The number of aromatic carboxylic acids is 1. The molecule has 144 valence electrons. The van der Waals surface area contributed by atoms with Crippen LogP contribution in [0.2, 0.25) is 0 Å². The lowest BCUT2D eigenvalue weighted by atomic mass is 10.1. The van der Waals surface area contributed by atoms with Crippen LogP contribution in [0.3, 0.4) is 0 Å². The smallest absolute Gasteiger partial charge is 0.339 e. The summed E-state index contributed by atoms with van der Waals surface area (Å²) in [6, 6.07) is 19.2. The molecule has 0 aliphatic heterocycles. The molecule has 0 radical (unpaired) electrons. The van der Waals surface area contributed by atoms with Gasteiger partial charge in [0.05, 0.1) is 10.6 Å². The van der Waals surface area contributed by atoms with Crippen molar-refractivity contribution in [1.82, 2.24) is 0 Å². The highest BCUT2D eigenvalue weighted by molar-refractivity contribution is 7.90. The van der Waals surface area contributed by atoms with Gasteiger partial charge in [-0.15, -0.1) is 0 Å². The highest BCUT2D eigenvalue weighted by atomic mass is 32.2. The number of rotatable bonds is 7. The number of aromatic hydroxyl groups is 1. The number of ether oxygens (including phenoxy) is 1. The van der Waals surface area contributed by atoms with Crippen molar-refractivity contribution in [2.24, 2.45) is 0 Å². The SMILES string of the molecule is O=C(O)c1ccc(OCc2cccc(CS(=O)(=O)c3ccccc3)c2)cc1O. The number of carbonyl (C=O) groups is 1. The third kappa shape index (κ3) is 4.69. The summed E-state index contributed by atoms with van der Waals surface area (Å²) in [5.41, 5.74) is 1.18. The minimum absolute atomic E-state index is 0.126. The first-order valence-electron chi connectivity index (χ1n) is 8.40. The van der Waals surface area contributed by atoms with Crippen molar-refractivity contribution in [1.29, 1.82) is 0 Å². The minimum atomic E-state index is -3.45. The van der Waals surface area contributed by atoms with Gasteiger partial charge in [0, 0.05) is 6.07 Å². The van der Waals surface area contributed by atoms with Gasteiger partial charge in [0.15, 0.2) is 9.84 Å². The topological polar surface area (TPSA) is 101 Å². The monoisotopic (exact) mass is 398 g/mol.